The predicted molar refractivity (Wildman–Crippen MR) is 110 cm³/mol. The van der Waals surface area contributed by atoms with E-state index in [9.17, 15) is 9.59 Å². The highest BCUT2D eigenvalue weighted by Crippen LogP contribution is 2.16. The number of carbonyl (C=O) groups excluding carboxylic acids is 2. The Morgan fingerprint density at radius 3 is 2.32 bits per heavy atom. The third kappa shape index (κ3) is 6.70. The minimum absolute atomic E-state index is 0.150. The van der Waals surface area contributed by atoms with E-state index in [2.05, 4.69) is 10.6 Å². The number of ether oxygens (including phenoxy) is 2. The Labute approximate surface area is 166 Å². The van der Waals surface area contributed by atoms with Crippen LogP contribution in [0.3, 0.4) is 0 Å². The van der Waals surface area contributed by atoms with Crippen LogP contribution in [0, 0.1) is 6.92 Å². The molecule has 0 bridgehead atoms. The molecule has 2 rings (SSSR count). The highest BCUT2D eigenvalue weighted by atomic mass is 16.5. The van der Waals surface area contributed by atoms with Crippen molar-refractivity contribution in [3.8, 4) is 5.75 Å². The van der Waals surface area contributed by atoms with E-state index in [1.54, 1.807) is 31.4 Å². The molecule has 6 heteroatoms. The van der Waals surface area contributed by atoms with Crippen molar-refractivity contribution in [1.29, 1.82) is 0 Å². The first-order valence-corrected chi connectivity index (χ1v) is 9.45. The SMILES string of the molecule is CCC(Oc1ccc(C)cc1)C(=O)Nc1ccc(C(=O)NCCCOC)cc1. The molecule has 0 heterocycles. The van der Waals surface area contributed by atoms with E-state index in [0.717, 1.165) is 12.0 Å². The topological polar surface area (TPSA) is 76.7 Å². The summed E-state index contributed by atoms with van der Waals surface area (Å²) in [6.45, 7) is 5.06. The first-order chi connectivity index (χ1) is 13.5. The molecule has 28 heavy (non-hydrogen) atoms. The summed E-state index contributed by atoms with van der Waals surface area (Å²) >= 11 is 0. The molecule has 0 saturated heterocycles. The van der Waals surface area contributed by atoms with Gasteiger partial charge < -0.3 is 20.1 Å². The summed E-state index contributed by atoms with van der Waals surface area (Å²) in [5.74, 6) is 0.288. The van der Waals surface area contributed by atoms with Crippen molar-refractivity contribution in [3.63, 3.8) is 0 Å². The third-order valence-corrected chi connectivity index (χ3v) is 4.19. The lowest BCUT2D eigenvalue weighted by atomic mass is 10.1. The molecular formula is C22H28N2O4. The molecule has 0 aliphatic carbocycles. The molecule has 0 aliphatic rings. The molecule has 150 valence electrons. The average Bonchev–Trinajstić information content (AvgIpc) is 2.71. The maximum Gasteiger partial charge on any atom is 0.265 e. The molecule has 1 atom stereocenters. The number of rotatable bonds is 10. The quantitative estimate of drug-likeness (QED) is 0.614. The van der Waals surface area contributed by atoms with Crippen molar-refractivity contribution in [1.82, 2.24) is 5.32 Å². The second-order valence-corrected chi connectivity index (χ2v) is 6.50. The van der Waals surface area contributed by atoms with E-state index >= 15 is 0 Å². The molecule has 0 saturated carbocycles. The zero-order chi connectivity index (χ0) is 20.4. The fourth-order valence-corrected chi connectivity index (χ4v) is 2.55. The van der Waals surface area contributed by atoms with Gasteiger partial charge in [0.25, 0.3) is 11.8 Å². The first-order valence-electron chi connectivity index (χ1n) is 9.45. The lowest BCUT2D eigenvalue weighted by Crippen LogP contribution is -2.32. The lowest BCUT2D eigenvalue weighted by Gasteiger charge is -2.17. The van der Waals surface area contributed by atoms with Crippen LogP contribution in [0.2, 0.25) is 0 Å². The second kappa shape index (κ2) is 11.1. The van der Waals surface area contributed by atoms with Crippen LogP contribution in [-0.2, 0) is 9.53 Å². The van der Waals surface area contributed by atoms with Crippen LogP contribution in [0.4, 0.5) is 5.69 Å². The molecule has 0 spiro atoms. The highest BCUT2D eigenvalue weighted by molar-refractivity contribution is 5.96. The Morgan fingerprint density at radius 1 is 1.04 bits per heavy atom. The number of anilines is 1. The van der Waals surface area contributed by atoms with Gasteiger partial charge in [-0.25, -0.2) is 0 Å². The monoisotopic (exact) mass is 384 g/mol. The van der Waals surface area contributed by atoms with Crippen molar-refractivity contribution in [2.75, 3.05) is 25.6 Å². The molecule has 0 fully saturated rings. The largest absolute Gasteiger partial charge is 0.481 e. The number of carbonyl (C=O) groups is 2. The zero-order valence-electron chi connectivity index (χ0n) is 16.7. The molecule has 2 amide bonds. The zero-order valence-corrected chi connectivity index (χ0v) is 16.7. The molecule has 2 aromatic rings. The summed E-state index contributed by atoms with van der Waals surface area (Å²) in [6.07, 6.45) is 0.712. The fourth-order valence-electron chi connectivity index (χ4n) is 2.55. The standard InChI is InChI=1S/C22H28N2O4/c1-4-20(28-19-12-6-16(2)7-13-19)22(26)24-18-10-8-17(9-11-18)21(25)23-14-5-15-27-3/h6-13,20H,4-5,14-15H2,1-3H3,(H,23,25)(H,24,26). The van der Waals surface area contributed by atoms with Gasteiger partial charge in [-0.2, -0.15) is 0 Å². The van der Waals surface area contributed by atoms with E-state index in [0.29, 0.717) is 36.6 Å². The predicted octanol–water partition coefficient (Wildman–Crippen LogP) is 3.56. The summed E-state index contributed by atoms with van der Waals surface area (Å²) < 4.78 is 10.7. The number of hydrogen-bond donors (Lipinski definition) is 2. The Hall–Kier alpha value is -2.86. The van der Waals surface area contributed by atoms with Gasteiger partial charge in [0, 0.05) is 31.5 Å². The maximum atomic E-state index is 12.5. The molecule has 2 N–H and O–H groups in total. The van der Waals surface area contributed by atoms with Crippen LogP contribution in [-0.4, -0.2) is 38.2 Å². The van der Waals surface area contributed by atoms with Gasteiger partial charge in [-0.05, 0) is 56.2 Å². The van der Waals surface area contributed by atoms with Crippen molar-refractivity contribution in [3.05, 3.63) is 59.7 Å². The molecule has 1 unspecified atom stereocenters. The summed E-state index contributed by atoms with van der Waals surface area (Å²) in [7, 11) is 1.63. The number of benzene rings is 2. The van der Waals surface area contributed by atoms with Crippen LogP contribution < -0.4 is 15.4 Å². The van der Waals surface area contributed by atoms with E-state index in [4.69, 9.17) is 9.47 Å². The minimum atomic E-state index is -0.591. The average molecular weight is 384 g/mol. The molecule has 0 radical (unpaired) electrons. The number of amides is 2. The van der Waals surface area contributed by atoms with Gasteiger partial charge in [0.05, 0.1) is 0 Å². The summed E-state index contributed by atoms with van der Waals surface area (Å²) in [6, 6.07) is 14.4. The summed E-state index contributed by atoms with van der Waals surface area (Å²) in [5, 5.41) is 5.66. The van der Waals surface area contributed by atoms with Crippen LogP contribution in [0.1, 0.15) is 35.7 Å². The van der Waals surface area contributed by atoms with Crippen LogP contribution in [0.15, 0.2) is 48.5 Å². The van der Waals surface area contributed by atoms with E-state index < -0.39 is 6.10 Å². The lowest BCUT2D eigenvalue weighted by molar-refractivity contribution is -0.122. The van der Waals surface area contributed by atoms with Gasteiger partial charge in [-0.1, -0.05) is 24.6 Å². The first kappa shape index (κ1) is 21.4. The second-order valence-electron chi connectivity index (χ2n) is 6.50. The van der Waals surface area contributed by atoms with Gasteiger partial charge in [0.15, 0.2) is 6.10 Å². The van der Waals surface area contributed by atoms with E-state index in [1.165, 1.54) is 0 Å². The number of nitrogens with one attached hydrogen (secondary N) is 2. The van der Waals surface area contributed by atoms with E-state index in [-0.39, 0.29) is 11.8 Å². The fraction of sp³-hybridized carbons (Fsp3) is 0.364. The van der Waals surface area contributed by atoms with Crippen molar-refractivity contribution in [2.24, 2.45) is 0 Å². The molecule has 0 aliphatic heterocycles. The van der Waals surface area contributed by atoms with Gasteiger partial charge in [0.2, 0.25) is 0 Å². The smallest absolute Gasteiger partial charge is 0.265 e. The van der Waals surface area contributed by atoms with Gasteiger partial charge >= 0.3 is 0 Å². The van der Waals surface area contributed by atoms with Crippen molar-refractivity contribution in [2.45, 2.75) is 32.8 Å². The third-order valence-electron chi connectivity index (χ3n) is 4.19. The van der Waals surface area contributed by atoms with Crippen LogP contribution >= 0.6 is 0 Å². The van der Waals surface area contributed by atoms with Gasteiger partial charge in [-0.15, -0.1) is 0 Å². The highest BCUT2D eigenvalue weighted by Gasteiger charge is 2.18. The number of aryl methyl sites for hydroxylation is 1. The molecule has 6 nitrogen and oxygen atoms in total. The Balaban J connectivity index is 1.89. The Kier molecular flexibility index (Phi) is 8.49. The minimum Gasteiger partial charge on any atom is -0.481 e. The van der Waals surface area contributed by atoms with Crippen molar-refractivity contribution < 1.29 is 19.1 Å². The number of methoxy groups -OCH3 is 1. The summed E-state index contributed by atoms with van der Waals surface area (Å²) in [4.78, 5) is 24.6. The number of hydrogen-bond acceptors (Lipinski definition) is 4. The van der Waals surface area contributed by atoms with Crippen molar-refractivity contribution >= 4 is 17.5 Å². The van der Waals surface area contributed by atoms with Gasteiger partial charge in [-0.3, -0.25) is 9.59 Å². The normalized spacial score (nSPS) is 11.5. The Bertz CT molecular complexity index is 757. The Morgan fingerprint density at radius 2 is 1.71 bits per heavy atom. The van der Waals surface area contributed by atoms with E-state index in [1.807, 2.05) is 38.1 Å². The van der Waals surface area contributed by atoms with Crippen LogP contribution in [0.5, 0.6) is 5.75 Å². The molecule has 2 aromatic carbocycles. The maximum absolute atomic E-state index is 12.5. The summed E-state index contributed by atoms with van der Waals surface area (Å²) in [5.41, 5.74) is 2.29. The molecule has 0 aromatic heterocycles. The molecular weight excluding hydrogens is 356 g/mol. The van der Waals surface area contributed by atoms with Gasteiger partial charge in [0.1, 0.15) is 5.75 Å². The van der Waals surface area contributed by atoms with Crippen LogP contribution in [0.25, 0.3) is 0 Å².